The number of unbranched alkanes of at least 4 members (excludes halogenated alkanes) is 1. The van der Waals surface area contributed by atoms with E-state index in [1.807, 2.05) is 12.1 Å². The lowest BCUT2D eigenvalue weighted by Gasteiger charge is -2.32. The van der Waals surface area contributed by atoms with Crippen LogP contribution in [-0.2, 0) is 6.42 Å². The number of halogens is 1. The fourth-order valence-corrected chi connectivity index (χ4v) is 3.87. The SMILES string of the molecule is CCCC[C@H]1Cc2c([nH]c3ccccc23)[C@H](c2ccc(F)cc2)N1. The minimum Gasteiger partial charge on any atom is -0.357 e. The molecule has 4 rings (SSSR count). The Morgan fingerprint density at radius 2 is 1.88 bits per heavy atom. The molecule has 0 saturated carbocycles. The predicted molar refractivity (Wildman–Crippen MR) is 96.7 cm³/mol. The molecular formula is C21H23FN2. The Morgan fingerprint density at radius 1 is 1.08 bits per heavy atom. The molecule has 2 aromatic carbocycles. The quantitative estimate of drug-likeness (QED) is 0.687. The van der Waals surface area contributed by atoms with E-state index in [9.17, 15) is 4.39 Å². The van der Waals surface area contributed by atoms with Crippen LogP contribution in [0.5, 0.6) is 0 Å². The van der Waals surface area contributed by atoms with E-state index in [2.05, 4.69) is 41.5 Å². The highest BCUT2D eigenvalue weighted by Crippen LogP contribution is 2.36. The number of aromatic nitrogens is 1. The number of hydrogen-bond donors (Lipinski definition) is 2. The molecule has 1 aromatic heterocycles. The third kappa shape index (κ3) is 2.73. The number of aromatic amines is 1. The predicted octanol–water partition coefficient (Wildman–Crippen LogP) is 5.10. The summed E-state index contributed by atoms with van der Waals surface area (Å²) >= 11 is 0. The van der Waals surface area contributed by atoms with Gasteiger partial charge >= 0.3 is 0 Å². The van der Waals surface area contributed by atoms with Gasteiger partial charge in [-0.15, -0.1) is 0 Å². The van der Waals surface area contributed by atoms with Gasteiger partial charge in [0.1, 0.15) is 5.82 Å². The zero-order chi connectivity index (χ0) is 16.5. The van der Waals surface area contributed by atoms with Crippen molar-refractivity contribution < 1.29 is 4.39 Å². The Morgan fingerprint density at radius 3 is 2.67 bits per heavy atom. The van der Waals surface area contributed by atoms with Crippen LogP contribution < -0.4 is 5.32 Å². The van der Waals surface area contributed by atoms with Gasteiger partial charge in [0.05, 0.1) is 6.04 Å². The largest absolute Gasteiger partial charge is 0.357 e. The van der Waals surface area contributed by atoms with Gasteiger partial charge in [-0.2, -0.15) is 0 Å². The maximum Gasteiger partial charge on any atom is 0.123 e. The lowest BCUT2D eigenvalue weighted by atomic mass is 9.88. The van der Waals surface area contributed by atoms with E-state index in [1.165, 1.54) is 41.4 Å². The van der Waals surface area contributed by atoms with Gasteiger partial charge in [0, 0.05) is 22.6 Å². The number of hydrogen-bond acceptors (Lipinski definition) is 1. The smallest absolute Gasteiger partial charge is 0.123 e. The summed E-state index contributed by atoms with van der Waals surface area (Å²) < 4.78 is 13.3. The van der Waals surface area contributed by atoms with Crippen LogP contribution in [0.25, 0.3) is 10.9 Å². The number of rotatable bonds is 4. The van der Waals surface area contributed by atoms with Crippen LogP contribution in [0.4, 0.5) is 4.39 Å². The molecule has 0 bridgehead atoms. The van der Waals surface area contributed by atoms with Crippen LogP contribution in [0.3, 0.4) is 0 Å². The highest BCUT2D eigenvalue weighted by Gasteiger charge is 2.30. The van der Waals surface area contributed by atoms with E-state index >= 15 is 0 Å². The fraction of sp³-hybridized carbons (Fsp3) is 0.333. The number of benzene rings is 2. The monoisotopic (exact) mass is 322 g/mol. The summed E-state index contributed by atoms with van der Waals surface area (Å²) in [5, 5.41) is 5.11. The van der Waals surface area contributed by atoms with Crippen molar-refractivity contribution in [3.8, 4) is 0 Å². The van der Waals surface area contributed by atoms with Crippen molar-refractivity contribution in [2.24, 2.45) is 0 Å². The van der Waals surface area contributed by atoms with Crippen LogP contribution in [0.15, 0.2) is 48.5 Å². The van der Waals surface area contributed by atoms with Gasteiger partial charge < -0.3 is 10.3 Å². The number of para-hydroxylation sites is 1. The van der Waals surface area contributed by atoms with Crippen molar-refractivity contribution in [1.29, 1.82) is 0 Å². The molecule has 0 radical (unpaired) electrons. The van der Waals surface area contributed by atoms with Crippen LogP contribution in [0.2, 0.25) is 0 Å². The molecule has 0 saturated heterocycles. The van der Waals surface area contributed by atoms with Crippen LogP contribution in [0, 0.1) is 5.82 Å². The second kappa shape index (κ2) is 6.40. The first-order chi connectivity index (χ1) is 11.8. The van der Waals surface area contributed by atoms with Crippen LogP contribution in [0.1, 0.15) is 49.0 Å². The molecule has 0 unspecified atom stereocenters. The maximum absolute atomic E-state index is 13.3. The molecule has 24 heavy (non-hydrogen) atoms. The second-order valence-corrected chi connectivity index (χ2v) is 6.76. The summed E-state index contributed by atoms with van der Waals surface area (Å²) in [6.45, 7) is 2.23. The molecule has 2 nitrogen and oxygen atoms in total. The Balaban J connectivity index is 1.79. The topological polar surface area (TPSA) is 27.8 Å². The Bertz CT molecular complexity index is 835. The van der Waals surface area contributed by atoms with Gasteiger partial charge in [-0.1, -0.05) is 50.1 Å². The standard InChI is InChI=1S/C21H23FN2/c1-2-3-6-16-13-18-17-7-4-5-8-19(17)24-21(18)20(23-16)14-9-11-15(22)12-10-14/h4-5,7-12,16,20,23-24H,2-3,6,13H2,1H3/t16-,20-/m0/s1. The van der Waals surface area contributed by atoms with Crippen molar-refractivity contribution in [1.82, 2.24) is 10.3 Å². The number of fused-ring (bicyclic) bond motifs is 3. The maximum atomic E-state index is 13.3. The zero-order valence-corrected chi connectivity index (χ0v) is 14.0. The lowest BCUT2D eigenvalue weighted by Crippen LogP contribution is -2.39. The number of H-pyrrole nitrogens is 1. The molecule has 1 aliphatic rings. The van der Waals surface area contributed by atoms with E-state index in [1.54, 1.807) is 12.1 Å². The summed E-state index contributed by atoms with van der Waals surface area (Å²) in [6.07, 6.45) is 4.66. The molecule has 0 spiro atoms. The first kappa shape index (κ1) is 15.4. The fourth-order valence-electron chi connectivity index (χ4n) is 3.87. The molecule has 3 aromatic rings. The third-order valence-corrected chi connectivity index (χ3v) is 5.10. The molecule has 0 aliphatic carbocycles. The molecule has 2 N–H and O–H groups in total. The average Bonchev–Trinajstić information content (AvgIpc) is 2.99. The lowest BCUT2D eigenvalue weighted by molar-refractivity contribution is 0.403. The number of nitrogens with one attached hydrogen (secondary N) is 2. The third-order valence-electron chi connectivity index (χ3n) is 5.10. The first-order valence-corrected chi connectivity index (χ1v) is 8.87. The van der Waals surface area contributed by atoms with Gasteiger partial charge in [-0.05, 0) is 42.2 Å². The average molecular weight is 322 g/mol. The second-order valence-electron chi connectivity index (χ2n) is 6.76. The molecular weight excluding hydrogens is 299 g/mol. The summed E-state index contributed by atoms with van der Waals surface area (Å²) in [6, 6.07) is 16.0. The molecule has 3 heteroatoms. The summed E-state index contributed by atoms with van der Waals surface area (Å²) in [5.74, 6) is -0.186. The van der Waals surface area contributed by atoms with Crippen LogP contribution in [-0.4, -0.2) is 11.0 Å². The van der Waals surface area contributed by atoms with E-state index in [0.717, 1.165) is 12.0 Å². The summed E-state index contributed by atoms with van der Waals surface area (Å²) in [4.78, 5) is 3.60. The van der Waals surface area contributed by atoms with Crippen molar-refractivity contribution >= 4 is 10.9 Å². The zero-order valence-electron chi connectivity index (χ0n) is 14.0. The molecule has 124 valence electrons. The summed E-state index contributed by atoms with van der Waals surface area (Å²) in [5.41, 5.74) is 4.95. The highest BCUT2D eigenvalue weighted by molar-refractivity contribution is 5.85. The molecule has 2 heterocycles. The van der Waals surface area contributed by atoms with Crippen LogP contribution >= 0.6 is 0 Å². The Kier molecular flexibility index (Phi) is 4.11. The Labute approximate surface area is 142 Å². The molecule has 0 fully saturated rings. The molecule has 0 amide bonds. The van der Waals surface area contributed by atoms with Gasteiger partial charge in [0.2, 0.25) is 0 Å². The normalized spacial score (nSPS) is 20.2. The van der Waals surface area contributed by atoms with Crippen molar-refractivity contribution in [3.05, 3.63) is 71.2 Å². The molecule has 2 atom stereocenters. The van der Waals surface area contributed by atoms with Crippen molar-refractivity contribution in [2.45, 2.75) is 44.7 Å². The van der Waals surface area contributed by atoms with E-state index < -0.39 is 0 Å². The minimum atomic E-state index is -0.186. The van der Waals surface area contributed by atoms with Gasteiger partial charge in [-0.3, -0.25) is 0 Å². The Hall–Kier alpha value is -2.13. The van der Waals surface area contributed by atoms with Gasteiger partial charge in [0.15, 0.2) is 0 Å². The van der Waals surface area contributed by atoms with Gasteiger partial charge in [-0.25, -0.2) is 4.39 Å². The highest BCUT2D eigenvalue weighted by atomic mass is 19.1. The van der Waals surface area contributed by atoms with E-state index in [-0.39, 0.29) is 11.9 Å². The van der Waals surface area contributed by atoms with Crippen molar-refractivity contribution in [2.75, 3.05) is 0 Å². The summed E-state index contributed by atoms with van der Waals surface area (Å²) in [7, 11) is 0. The van der Waals surface area contributed by atoms with E-state index in [0.29, 0.717) is 6.04 Å². The first-order valence-electron chi connectivity index (χ1n) is 8.87. The minimum absolute atomic E-state index is 0.101. The molecule has 1 aliphatic heterocycles. The van der Waals surface area contributed by atoms with Crippen molar-refractivity contribution in [3.63, 3.8) is 0 Å². The van der Waals surface area contributed by atoms with Gasteiger partial charge in [0.25, 0.3) is 0 Å². The van der Waals surface area contributed by atoms with E-state index in [4.69, 9.17) is 0 Å².